The third kappa shape index (κ3) is 16.0. The molecule has 0 radical (unpaired) electrons. The van der Waals surface area contributed by atoms with Crippen LogP contribution in [0.1, 0.15) is 128 Å². The Kier molecular flexibility index (Phi) is 23.7. The molecule has 19 heterocycles. The first-order valence-corrected chi connectivity index (χ1v) is 45.8. The van der Waals surface area contributed by atoms with Gasteiger partial charge < -0.3 is 51.4 Å². The Balaban J connectivity index is 0.000000102. The van der Waals surface area contributed by atoms with Crippen LogP contribution in [-0.2, 0) is 66.5 Å². The Labute approximate surface area is 805 Å². The zero-order valence-corrected chi connectivity index (χ0v) is 79.4. The van der Waals surface area contributed by atoms with Crippen molar-refractivity contribution in [1.82, 2.24) is 147 Å². The molecule has 2 amide bonds. The summed E-state index contributed by atoms with van der Waals surface area (Å²) in [6.07, 6.45) is 18.5. The van der Waals surface area contributed by atoms with Gasteiger partial charge in [-0.05, 0) is 154 Å². The summed E-state index contributed by atoms with van der Waals surface area (Å²) in [6.45, 7) is 12.3. The van der Waals surface area contributed by atoms with E-state index in [0.717, 1.165) is 189 Å². The van der Waals surface area contributed by atoms with Crippen LogP contribution < -0.4 is 5.32 Å². The van der Waals surface area contributed by atoms with E-state index < -0.39 is 0 Å². The summed E-state index contributed by atoms with van der Waals surface area (Å²) >= 11 is 25.9. The van der Waals surface area contributed by atoms with Gasteiger partial charge in [0.15, 0.2) is 46.3 Å². The van der Waals surface area contributed by atoms with E-state index in [1.807, 2.05) is 159 Å². The molecule has 38 nitrogen and oxygen atoms in total. The van der Waals surface area contributed by atoms with Crippen molar-refractivity contribution in [3.8, 4) is 120 Å². The number of rotatable bonds is 13. The number of carbonyl (C=O) groups is 2. The van der Waals surface area contributed by atoms with Crippen molar-refractivity contribution < 1.29 is 37.1 Å². The van der Waals surface area contributed by atoms with Gasteiger partial charge in [-0.25, -0.2) is 49.2 Å². The van der Waals surface area contributed by atoms with Crippen molar-refractivity contribution in [1.29, 1.82) is 0 Å². The topological polar surface area (TPSA) is 398 Å². The zero-order valence-electron chi connectivity index (χ0n) is 73.9. The summed E-state index contributed by atoms with van der Waals surface area (Å²) in [5.41, 5.74) is 23.1. The van der Waals surface area contributed by atoms with Crippen molar-refractivity contribution in [3.63, 3.8) is 0 Å². The number of methoxy groups -OCH3 is 3. The van der Waals surface area contributed by atoms with Crippen LogP contribution in [0, 0.1) is 13.8 Å². The van der Waals surface area contributed by atoms with Crippen LogP contribution in [0.3, 0.4) is 0 Å². The number of oxazole rings is 3. The number of aromatic nitrogens is 28. The second-order valence-corrected chi connectivity index (χ2v) is 35.6. The second kappa shape index (κ2) is 36.6. The predicted molar refractivity (Wildman–Crippen MR) is 504 cm³/mol. The quantitative estimate of drug-likeness (QED) is 0.112. The molecule has 0 aliphatic carbocycles. The maximum absolute atomic E-state index is 13.0. The molecule has 6 aliphatic rings. The Morgan fingerprint density at radius 1 is 0.456 bits per heavy atom. The highest BCUT2D eigenvalue weighted by atomic mass is 79.9. The second-order valence-electron chi connectivity index (χ2n) is 32.8. The number of nitrogens with one attached hydrogen (secondary N) is 1. The number of carbonyl (C=O) groups excluding carboxylic acids is 2. The maximum atomic E-state index is 13.0. The Morgan fingerprint density at radius 3 is 1.32 bits per heavy atom. The fourth-order valence-corrected chi connectivity index (χ4v) is 18.8. The number of likely N-dealkylation sites (tertiary alicyclic amines) is 1. The van der Waals surface area contributed by atoms with Gasteiger partial charge in [-0.2, -0.15) is 0 Å². The van der Waals surface area contributed by atoms with E-state index in [1.165, 1.54) is 6.26 Å². The molecule has 13 aromatic heterocycles. The van der Waals surface area contributed by atoms with E-state index in [0.29, 0.717) is 119 Å². The minimum atomic E-state index is -0.246. The molecular formula is C93H79Br2Cl3N30O8. The van der Waals surface area contributed by atoms with Crippen molar-refractivity contribution >= 4 is 78.5 Å². The van der Waals surface area contributed by atoms with E-state index in [2.05, 4.69) is 160 Å². The number of hydrogen-bond donors (Lipinski definition) is 1. The molecule has 6 aliphatic heterocycles. The van der Waals surface area contributed by atoms with Crippen LogP contribution in [-0.4, -0.2) is 195 Å². The largest absolute Gasteiger partial charge is 0.443 e. The predicted octanol–water partition coefficient (Wildman–Crippen LogP) is 16.1. The van der Waals surface area contributed by atoms with Crippen molar-refractivity contribution in [2.75, 3.05) is 41.5 Å². The first kappa shape index (κ1) is 88.0. The molecule has 1 saturated heterocycles. The minimum Gasteiger partial charge on any atom is -0.443 e. The van der Waals surface area contributed by atoms with E-state index in [-0.39, 0.29) is 17.7 Å². The van der Waals surface area contributed by atoms with Gasteiger partial charge in [0.2, 0.25) is 17.7 Å². The molecule has 136 heavy (non-hydrogen) atoms. The van der Waals surface area contributed by atoms with Crippen molar-refractivity contribution in [2.24, 2.45) is 0 Å². The lowest BCUT2D eigenvalue weighted by Gasteiger charge is -2.14. The molecule has 684 valence electrons. The van der Waals surface area contributed by atoms with Gasteiger partial charge in [0.05, 0.1) is 111 Å². The average Bonchev–Trinajstić information content (AvgIpc) is 1.62. The molecule has 0 atom stereocenters. The van der Waals surface area contributed by atoms with Crippen LogP contribution in [0.5, 0.6) is 0 Å². The number of amides is 2. The highest BCUT2D eigenvalue weighted by Gasteiger charge is 2.37. The average molecular weight is 2010 g/mol. The number of halogens is 5. The van der Waals surface area contributed by atoms with Gasteiger partial charge in [0.1, 0.15) is 102 Å². The number of nitrogens with zero attached hydrogens (tertiary/aromatic N) is 29. The molecule has 6 aromatic carbocycles. The van der Waals surface area contributed by atoms with Crippen LogP contribution >= 0.6 is 66.7 Å². The van der Waals surface area contributed by atoms with Crippen molar-refractivity contribution in [3.05, 3.63) is 288 Å². The van der Waals surface area contributed by atoms with E-state index in [9.17, 15) is 9.59 Å². The summed E-state index contributed by atoms with van der Waals surface area (Å²) in [4.78, 5) is 63.1. The SMILES string of the molecule is CNC(=O)c1nnn2c1Cc1c(Br)ncn1-c1ccc(C)cc1-2.COCc1nnc2n1Cc1c(-c3nc(-c4ccccc4)co3)ncn1-c1ccc(Cl)cc1-2.COCc1nnc2n1Cc1c(-c3nc(C(C)C)co3)ncn1-c1ccc(Cl)cc1-2.COCc1nnc2n1Cc1c(-c3ncco3)ncn1-c1ccc(Cl)cc1-2.Cc1ccc2c(c1)-n1nnc(C(=O)N3CCCC3)c1Cc1c(Br)ncn1-2. The van der Waals surface area contributed by atoms with Gasteiger partial charge in [0.25, 0.3) is 11.8 Å². The third-order valence-corrected chi connectivity index (χ3v) is 26.1. The number of aryl methyl sites for hydroxylation is 2. The Bertz CT molecular complexity index is 7810. The Hall–Kier alpha value is -14.7. The van der Waals surface area contributed by atoms with Gasteiger partial charge in [-0.15, -0.1) is 40.8 Å². The van der Waals surface area contributed by atoms with Crippen LogP contribution in [0.15, 0.2) is 200 Å². The molecule has 1 fully saturated rings. The van der Waals surface area contributed by atoms with Gasteiger partial charge >= 0.3 is 0 Å². The first-order chi connectivity index (χ1) is 66.3. The summed E-state index contributed by atoms with van der Waals surface area (Å²) in [5.74, 6) is 5.79. The maximum Gasteiger partial charge on any atom is 0.276 e. The number of fused-ring (bicyclic) bond motifs is 25. The summed E-state index contributed by atoms with van der Waals surface area (Å²) in [7, 11) is 6.49. The molecular weight excluding hydrogens is 1930 g/mol. The third-order valence-electron chi connectivity index (χ3n) is 24.0. The number of benzene rings is 6. The highest BCUT2D eigenvalue weighted by Crippen LogP contribution is 2.43. The fraction of sp³-hybridized carbons (Fsp3) is 0.226. The molecule has 25 rings (SSSR count). The molecule has 0 bridgehead atoms. The molecule has 19 aromatic rings. The number of hydrogen-bond acceptors (Lipinski definition) is 26. The summed E-state index contributed by atoms with van der Waals surface area (Å²) in [6, 6.07) is 39.3. The van der Waals surface area contributed by atoms with Crippen LogP contribution in [0.4, 0.5) is 0 Å². The van der Waals surface area contributed by atoms with E-state index in [1.54, 1.807) is 83.4 Å². The Morgan fingerprint density at radius 2 is 0.882 bits per heavy atom. The van der Waals surface area contributed by atoms with Crippen molar-refractivity contribution in [2.45, 2.75) is 98.8 Å². The zero-order chi connectivity index (χ0) is 93.4. The molecule has 1 N–H and O–H groups in total. The smallest absolute Gasteiger partial charge is 0.276 e. The summed E-state index contributed by atoms with van der Waals surface area (Å²) in [5, 5.41) is 47.6. The van der Waals surface area contributed by atoms with E-state index in [4.69, 9.17) is 67.2 Å². The van der Waals surface area contributed by atoms with Gasteiger partial charge in [-0.3, -0.25) is 32.4 Å². The molecule has 0 spiro atoms. The highest BCUT2D eigenvalue weighted by molar-refractivity contribution is 9.10. The van der Waals surface area contributed by atoms with Gasteiger partial charge in [0, 0.05) is 91.6 Å². The fourth-order valence-electron chi connectivity index (χ4n) is 17.4. The minimum absolute atomic E-state index is 0.0259. The summed E-state index contributed by atoms with van der Waals surface area (Å²) < 4.78 is 54.3. The van der Waals surface area contributed by atoms with Crippen LogP contribution in [0.25, 0.3) is 120 Å². The lowest BCUT2D eigenvalue weighted by molar-refractivity contribution is 0.0785. The van der Waals surface area contributed by atoms with Crippen LogP contribution in [0.2, 0.25) is 15.1 Å². The molecule has 0 saturated carbocycles. The standard InChI is InChI=1S/C23H17ClN6O2.C20H19ClN6O2.C18H17BrN6O.C17H13ClN6O2.C15H13BrN6O/c1-31-12-20-27-28-22-16-9-15(24)7-8-18(16)30-13-25-21(19(30)10-29(20)22)23-26-17(11-32-23)14-5-3-2-4-6-14;1-11(2)14-8-29-20(23-14)18-16-7-26-17(9-28-3)24-25-19(26)13-6-12(21)4-5-15(13)27(16)10-22-18;1-11-4-5-12-13(8-11)25-14(9-15-17(19)20-10-24(12)15)16(21-22-25)18(26)23-6-2-3-7-23;1-25-8-14-21-22-16-11-6-10(18)2-3-12(11)24-9-20-15(13(24)7-23(14)16)17-19-4-5-26-17;1-8-3-4-9-10(5-8)22-11(13(19-20-22)15(23)17-2)6-12-14(16)18-7-21(9)12/h2-9,11,13H,10,12H2,1H3;4-6,8,10-11H,7,9H2,1-3H3;4-5,8,10H,2-3,6-7,9H2,1H3;2-6,9H,7-8H2,1H3;3-5,7H,6H2,1-2H3,(H,17,23). The molecule has 43 heteroatoms. The van der Waals surface area contributed by atoms with Gasteiger partial charge in [-0.1, -0.05) is 102 Å². The number of ether oxygens (including phenoxy) is 3. The first-order valence-electron chi connectivity index (χ1n) is 43.0. The monoisotopic (exact) mass is 2010 g/mol. The normalized spacial score (nSPS) is 12.9. The number of imidazole rings is 5. The molecule has 0 unspecified atom stereocenters. The van der Waals surface area contributed by atoms with E-state index >= 15 is 0 Å². The lowest BCUT2D eigenvalue weighted by atomic mass is 10.1. The lowest BCUT2D eigenvalue weighted by Crippen LogP contribution is -2.29.